The highest BCUT2D eigenvalue weighted by atomic mass is 35.5. The Morgan fingerprint density at radius 1 is 0.454 bits per heavy atom. The van der Waals surface area contributed by atoms with Gasteiger partial charge in [0.05, 0.1) is 6.26 Å². The molecule has 0 saturated heterocycles. The number of furan rings is 1. The Morgan fingerprint density at radius 2 is 0.852 bits per heavy atom. The minimum atomic E-state index is -0.338. The Labute approximate surface area is 646 Å². The summed E-state index contributed by atoms with van der Waals surface area (Å²) < 4.78 is 15.7. The van der Waals surface area contributed by atoms with Gasteiger partial charge in [-0.15, -0.1) is 18.0 Å². The first-order chi connectivity index (χ1) is 52.5. The third kappa shape index (κ3) is 24.9. The first kappa shape index (κ1) is 82.3. The molecule has 4 aliphatic rings. The van der Waals surface area contributed by atoms with E-state index in [2.05, 4.69) is 163 Å². The van der Waals surface area contributed by atoms with Crippen molar-refractivity contribution in [3.8, 4) is 12.3 Å². The fourth-order valence-electron chi connectivity index (χ4n) is 11.4. The molecule has 0 radical (unpaired) electrons. The van der Waals surface area contributed by atoms with E-state index < -0.39 is 0 Å². The smallest absolute Gasteiger partial charge is 0.333 e. The van der Waals surface area contributed by atoms with Crippen LogP contribution in [-0.4, -0.2) is 5.97 Å². The molecule has 108 heavy (non-hydrogen) atoms. The van der Waals surface area contributed by atoms with Crippen LogP contribution in [0, 0.1) is 12.3 Å². The number of halogens is 1. The van der Waals surface area contributed by atoms with Gasteiger partial charge in [-0.05, 0) is 215 Å². The van der Waals surface area contributed by atoms with Gasteiger partial charge in [-0.3, -0.25) is 0 Å². The summed E-state index contributed by atoms with van der Waals surface area (Å²) in [5.41, 5.74) is 30.6. The van der Waals surface area contributed by atoms with E-state index in [0.717, 1.165) is 87.2 Å². The second-order valence-electron chi connectivity index (χ2n) is 25.1. The SMILES string of the molecule is C#Cc1ccc(C=C)cc1.C=C(C)C(=C)OCc1ccco1.C=C(C)C(=O)OCc1cc2c3c(ccc4c3c1C=CC4)CC=C2.C=Cc1cc2c3c(ccc4c3c1C=CC4)CC=C2.C=Cc1ccc(C=C)cc1.C=Cc1ccc(CCl)cc1.C=Cc1ccc(N)cc1.C=Cc1ccccc1.C=Cc1ccccc1. The number of carbonyl (C=O) groups excluding carboxylic acids is 1. The molecule has 5 nitrogen and oxygen atoms in total. The summed E-state index contributed by atoms with van der Waals surface area (Å²) >= 11 is 5.60. The van der Waals surface area contributed by atoms with Gasteiger partial charge >= 0.3 is 5.97 Å². The Balaban J connectivity index is 0.000000174. The van der Waals surface area contributed by atoms with Crippen molar-refractivity contribution >= 4 is 118 Å². The molecule has 4 aliphatic carbocycles. The minimum Gasteiger partial charge on any atom is -0.486 e. The maximum atomic E-state index is 11.7. The molecule has 540 valence electrons. The van der Waals surface area contributed by atoms with Gasteiger partial charge in [-0.1, -0.05) is 333 Å². The van der Waals surface area contributed by atoms with E-state index >= 15 is 0 Å². The minimum absolute atomic E-state index is 0.284. The topological polar surface area (TPSA) is 74.7 Å². The molecule has 0 amide bonds. The molecule has 6 heteroatoms. The summed E-state index contributed by atoms with van der Waals surface area (Å²) in [5, 5.41) is 5.60. The highest BCUT2D eigenvalue weighted by molar-refractivity contribution is 6.17. The lowest BCUT2D eigenvalue weighted by Gasteiger charge is -2.22. The third-order valence-corrected chi connectivity index (χ3v) is 17.7. The molecule has 1 heterocycles. The number of nitrogen functional groups attached to an aromatic ring is 1. The Hall–Kier alpha value is -13.0. The van der Waals surface area contributed by atoms with Crippen LogP contribution < -0.4 is 5.73 Å². The van der Waals surface area contributed by atoms with Crippen molar-refractivity contribution in [3.05, 3.63) is 438 Å². The molecule has 10 aromatic carbocycles. The van der Waals surface area contributed by atoms with Crippen LogP contribution in [0.4, 0.5) is 5.69 Å². The Kier molecular flexibility index (Phi) is 33.5. The zero-order chi connectivity index (χ0) is 77.6. The summed E-state index contributed by atoms with van der Waals surface area (Å²) in [7, 11) is 0. The van der Waals surface area contributed by atoms with Gasteiger partial charge in [-0.2, -0.15) is 0 Å². The van der Waals surface area contributed by atoms with Gasteiger partial charge in [0.25, 0.3) is 0 Å². The third-order valence-electron chi connectivity index (χ3n) is 17.4. The van der Waals surface area contributed by atoms with Crippen molar-refractivity contribution in [2.75, 3.05) is 5.73 Å². The molecule has 0 fully saturated rings. The molecule has 15 rings (SSSR count). The van der Waals surface area contributed by atoms with Crippen LogP contribution in [0.1, 0.15) is 125 Å². The summed E-state index contributed by atoms with van der Waals surface area (Å²) in [4.78, 5) is 11.7. The van der Waals surface area contributed by atoms with Crippen LogP contribution in [0.3, 0.4) is 0 Å². The fraction of sp³-hybridized carbons (Fsp3) is 0.0882. The molecular weight excluding hydrogens is 1340 g/mol. The van der Waals surface area contributed by atoms with Crippen molar-refractivity contribution in [3.63, 3.8) is 0 Å². The van der Waals surface area contributed by atoms with Gasteiger partial charge in [0.1, 0.15) is 24.7 Å². The standard InChI is InChI=1S/C21H18O2.C18H14.C10H12O2.C10H10.C10H8.C9H9Cl.C8H9N.2C8H8/c1-13(2)21(22)23-12-17-11-16-7-3-5-14-9-10-15-6-4-8-18(17)20(15)19(14)16;1-2-12-11-15-7-3-5-13-9-10-14-6-4-8-16(12)18(14)17(13)15;1-8(2)9(3)12-7-10-5-4-6-11-10;2*1-3-9-5-7-10(4-2)8-6-9;1-2-8-3-5-9(7-10)6-4-8;1-2-7-3-5-8(9)6-4-7;2*1-2-8-6-4-3-5-7-8/h3-4,7-11H,1,5-6,12H2,2H3;2-4,7-11H,1,5-6H2;4-6H,1,3,7H2,2H3;3-8H,1-2H2;1,4-8H,2H2;2-6H,1,7H2;2-6H,1,9H2;2*2-7H,1H2. The second kappa shape index (κ2) is 44.0. The number of rotatable bonds is 16. The molecule has 1 aromatic heterocycles. The average molecular weight is 1440 g/mol. The Bertz CT molecular complexity index is 5040. The molecule has 2 N–H and O–H groups in total. The van der Waals surface area contributed by atoms with E-state index in [0.29, 0.717) is 23.8 Å². The molecular formula is C102H96ClNO4. The summed E-state index contributed by atoms with van der Waals surface area (Å²) in [6.45, 7) is 44.7. The maximum Gasteiger partial charge on any atom is 0.333 e. The van der Waals surface area contributed by atoms with E-state index in [-0.39, 0.29) is 12.6 Å². The highest BCUT2D eigenvalue weighted by Crippen LogP contribution is 2.40. The van der Waals surface area contributed by atoms with Crippen LogP contribution in [0.2, 0.25) is 0 Å². The zero-order valence-corrected chi connectivity index (χ0v) is 63.1. The first-order valence-corrected chi connectivity index (χ1v) is 36.0. The molecule has 0 unspecified atom stereocenters. The van der Waals surface area contributed by atoms with Gasteiger partial charge in [0.2, 0.25) is 0 Å². The molecule has 0 spiro atoms. The van der Waals surface area contributed by atoms with Crippen molar-refractivity contribution < 1.29 is 18.7 Å². The van der Waals surface area contributed by atoms with Gasteiger partial charge in [-0.25, -0.2) is 4.79 Å². The van der Waals surface area contributed by atoms with Crippen molar-refractivity contribution in [2.45, 2.75) is 58.6 Å². The van der Waals surface area contributed by atoms with Gasteiger partial charge in [0, 0.05) is 22.7 Å². The van der Waals surface area contributed by atoms with E-state index in [1.807, 2.05) is 213 Å². The Morgan fingerprint density at radius 3 is 1.25 bits per heavy atom. The number of benzene rings is 10. The summed E-state index contributed by atoms with van der Waals surface area (Å²) in [6, 6.07) is 68.6. The zero-order valence-electron chi connectivity index (χ0n) is 62.3. The predicted molar refractivity (Wildman–Crippen MR) is 472 cm³/mol. The molecule has 0 saturated carbocycles. The monoisotopic (exact) mass is 1430 g/mol. The molecule has 11 aromatic rings. The normalized spacial score (nSPS) is 11.0. The number of allylic oxidation sites excluding steroid dienone is 5. The van der Waals surface area contributed by atoms with Crippen molar-refractivity contribution in [2.24, 2.45) is 0 Å². The van der Waals surface area contributed by atoms with E-state index in [9.17, 15) is 4.79 Å². The van der Waals surface area contributed by atoms with Crippen LogP contribution in [0.25, 0.3) is 94.5 Å². The number of terminal acetylenes is 1. The lowest BCUT2D eigenvalue weighted by Crippen LogP contribution is -2.08. The number of carbonyl (C=O) groups is 1. The average Bonchev–Trinajstić information content (AvgIpc) is 0.829. The molecule has 0 aliphatic heterocycles. The van der Waals surface area contributed by atoms with E-state index in [1.54, 1.807) is 25.3 Å². The predicted octanol–water partition coefficient (Wildman–Crippen LogP) is 27.0. The highest BCUT2D eigenvalue weighted by Gasteiger charge is 2.21. The first-order valence-electron chi connectivity index (χ1n) is 35.5. The number of anilines is 1. The van der Waals surface area contributed by atoms with Gasteiger partial charge < -0.3 is 19.6 Å². The van der Waals surface area contributed by atoms with Crippen molar-refractivity contribution in [1.82, 2.24) is 0 Å². The van der Waals surface area contributed by atoms with E-state index in [1.165, 1.54) is 82.7 Å². The quantitative estimate of drug-likeness (QED) is 0.0198. The van der Waals surface area contributed by atoms with E-state index in [4.69, 9.17) is 37.6 Å². The number of esters is 1. The lowest BCUT2D eigenvalue weighted by atomic mass is 9.83. The van der Waals surface area contributed by atoms with Gasteiger partial charge in [0.15, 0.2) is 0 Å². The van der Waals surface area contributed by atoms with Crippen LogP contribution in [-0.2, 0) is 59.0 Å². The molecule has 0 bridgehead atoms. The fourth-order valence-corrected chi connectivity index (χ4v) is 11.6. The number of alkyl halides is 1. The number of hydrogen-bond donors (Lipinski definition) is 1. The van der Waals surface area contributed by atoms with Crippen LogP contribution in [0.15, 0.2) is 331 Å². The second-order valence-corrected chi connectivity index (χ2v) is 25.3. The number of hydrogen-bond acceptors (Lipinski definition) is 5. The van der Waals surface area contributed by atoms with Crippen molar-refractivity contribution in [1.29, 1.82) is 0 Å². The number of nitrogens with two attached hydrogens (primary N) is 1. The maximum absolute atomic E-state index is 11.7. The summed E-state index contributed by atoms with van der Waals surface area (Å²) in [5.74, 6) is 4.18. The largest absolute Gasteiger partial charge is 0.486 e. The van der Waals surface area contributed by atoms with Crippen LogP contribution in [0.5, 0.6) is 0 Å². The summed E-state index contributed by atoms with van der Waals surface area (Å²) in [6.07, 6.45) is 43.3. The van der Waals surface area contributed by atoms with Crippen LogP contribution >= 0.6 is 11.6 Å². The lowest BCUT2D eigenvalue weighted by molar-refractivity contribution is -0.140. The number of ether oxygens (including phenoxy) is 2. The molecule has 0 atom stereocenters.